The lowest BCUT2D eigenvalue weighted by Crippen LogP contribution is -2.41. The fourth-order valence-corrected chi connectivity index (χ4v) is 3.42. The number of anilines is 1. The monoisotopic (exact) mass is 487 g/mol. The lowest BCUT2D eigenvalue weighted by Gasteiger charge is -2.20. The van der Waals surface area contributed by atoms with Crippen LogP contribution in [0.3, 0.4) is 0 Å². The molecule has 0 spiro atoms. The highest BCUT2D eigenvalue weighted by Gasteiger charge is 2.27. The molecule has 11 heteroatoms. The van der Waals surface area contributed by atoms with Crippen LogP contribution in [0.5, 0.6) is 11.6 Å². The Morgan fingerprint density at radius 1 is 1.00 bits per heavy atom. The number of hydrogen-bond acceptors (Lipinski definition) is 4. The molecule has 3 amide bonds. The number of aromatic nitrogens is 1. The smallest absolute Gasteiger partial charge is 0.326 e. The summed E-state index contributed by atoms with van der Waals surface area (Å²) >= 11 is 24.3. The maximum Gasteiger partial charge on any atom is 0.326 e. The maximum atomic E-state index is 14.0. The number of nitrogens with zero attached hydrogens (tertiary/aromatic N) is 2. The standard InChI is InChI=1S/C19H10Cl4FN3O3/c20-9-5-14(23)17(26-8-9)30-16-12(21)6-10(7-13(16)22)27(19(25)29)18(28)11-3-1-2-4-15(11)24/h1-8H,(H2,25,29). The summed E-state index contributed by atoms with van der Waals surface area (Å²) in [7, 11) is 0. The number of imide groups is 1. The van der Waals surface area contributed by atoms with Crippen LogP contribution in [0.25, 0.3) is 0 Å². The predicted molar refractivity (Wildman–Crippen MR) is 114 cm³/mol. The Morgan fingerprint density at radius 2 is 1.63 bits per heavy atom. The van der Waals surface area contributed by atoms with E-state index in [4.69, 9.17) is 56.9 Å². The molecule has 0 aliphatic rings. The van der Waals surface area contributed by atoms with Gasteiger partial charge in [-0.15, -0.1) is 0 Å². The maximum absolute atomic E-state index is 14.0. The van der Waals surface area contributed by atoms with E-state index in [-0.39, 0.29) is 37.9 Å². The molecule has 3 aromatic rings. The summed E-state index contributed by atoms with van der Waals surface area (Å²) in [5.74, 6) is -1.88. The van der Waals surface area contributed by atoms with Crippen LogP contribution < -0.4 is 15.4 Å². The van der Waals surface area contributed by atoms with Crippen LogP contribution in [0.15, 0.2) is 48.7 Å². The van der Waals surface area contributed by atoms with Gasteiger partial charge in [0.2, 0.25) is 5.88 Å². The molecule has 30 heavy (non-hydrogen) atoms. The normalized spacial score (nSPS) is 10.6. The molecule has 154 valence electrons. The highest BCUT2D eigenvalue weighted by molar-refractivity contribution is 6.38. The summed E-state index contributed by atoms with van der Waals surface area (Å²) < 4.78 is 19.6. The van der Waals surface area contributed by atoms with E-state index in [1.54, 1.807) is 0 Å². The summed E-state index contributed by atoms with van der Waals surface area (Å²) in [5.41, 5.74) is 4.89. The Labute approximate surface area is 189 Å². The predicted octanol–water partition coefficient (Wildman–Crippen LogP) is 6.35. The number of nitrogens with two attached hydrogens (primary N) is 1. The van der Waals surface area contributed by atoms with Crippen LogP contribution in [-0.2, 0) is 0 Å². The van der Waals surface area contributed by atoms with Gasteiger partial charge in [0.15, 0.2) is 5.75 Å². The Morgan fingerprint density at radius 3 is 2.20 bits per heavy atom. The van der Waals surface area contributed by atoms with Gasteiger partial charge in [0.25, 0.3) is 5.91 Å². The van der Waals surface area contributed by atoms with Gasteiger partial charge in [-0.1, -0.05) is 58.5 Å². The first-order chi connectivity index (χ1) is 14.2. The molecule has 0 bridgehead atoms. The fraction of sp³-hybridized carbons (Fsp3) is 0. The van der Waals surface area contributed by atoms with Gasteiger partial charge in [-0.2, -0.15) is 0 Å². The third kappa shape index (κ3) is 4.60. The van der Waals surface area contributed by atoms with Crippen molar-refractivity contribution in [3.8, 4) is 11.6 Å². The molecule has 1 heterocycles. The number of urea groups is 1. The van der Waals surface area contributed by atoms with E-state index in [1.165, 1.54) is 42.6 Å². The minimum absolute atomic E-state index is 0.0215. The highest BCUT2D eigenvalue weighted by atomic mass is 35.5. The number of pyridine rings is 1. The van der Waals surface area contributed by atoms with Gasteiger partial charge in [0, 0.05) is 6.20 Å². The highest BCUT2D eigenvalue weighted by Crippen LogP contribution is 2.41. The minimum atomic E-state index is -1.16. The Hall–Kier alpha value is -2.58. The van der Waals surface area contributed by atoms with Gasteiger partial charge in [0.1, 0.15) is 10.8 Å². The average molecular weight is 489 g/mol. The molecule has 0 saturated heterocycles. The van der Waals surface area contributed by atoms with Gasteiger partial charge in [-0.3, -0.25) is 4.79 Å². The molecular weight excluding hydrogens is 479 g/mol. The molecule has 2 aromatic carbocycles. The van der Waals surface area contributed by atoms with Gasteiger partial charge in [-0.05, 0) is 30.3 Å². The first kappa shape index (κ1) is 22.1. The molecule has 6 nitrogen and oxygen atoms in total. The number of carbonyl (C=O) groups excluding carboxylic acids is 2. The molecular formula is C19H10Cl4FN3O3. The number of benzene rings is 2. The summed E-state index contributed by atoms with van der Waals surface area (Å²) in [5, 5.41) is 0.228. The SMILES string of the molecule is NC(=O)N(C(=O)c1ccccc1F)c1cc(Cl)c(Oc2ncc(Cl)cc2Cl)c(Cl)c1. The third-order valence-corrected chi connectivity index (χ3v) is 4.78. The third-order valence-electron chi connectivity index (χ3n) is 3.74. The number of rotatable bonds is 4. The second-order valence-electron chi connectivity index (χ2n) is 5.74. The molecule has 1 aromatic heterocycles. The van der Waals surface area contributed by atoms with Gasteiger partial charge in [0.05, 0.1) is 26.3 Å². The zero-order chi connectivity index (χ0) is 22.0. The number of halogens is 5. The Bertz CT molecular complexity index is 1140. The summed E-state index contributed by atoms with van der Waals surface area (Å²) in [4.78, 5) is 29.1. The average Bonchev–Trinajstić information content (AvgIpc) is 2.66. The summed E-state index contributed by atoms with van der Waals surface area (Å²) in [6.07, 6.45) is 1.31. The molecule has 0 unspecified atom stereocenters. The first-order valence-electron chi connectivity index (χ1n) is 8.05. The molecule has 0 fully saturated rings. The molecule has 0 aliphatic carbocycles. The number of amides is 3. The number of primary amides is 1. The zero-order valence-corrected chi connectivity index (χ0v) is 17.7. The van der Waals surface area contributed by atoms with E-state index in [9.17, 15) is 14.0 Å². The van der Waals surface area contributed by atoms with Crippen molar-refractivity contribution in [3.05, 3.63) is 80.1 Å². The van der Waals surface area contributed by atoms with Crippen molar-refractivity contribution in [2.75, 3.05) is 4.90 Å². The van der Waals surface area contributed by atoms with Crippen LogP contribution >= 0.6 is 46.4 Å². The Kier molecular flexibility index (Phi) is 6.67. The van der Waals surface area contributed by atoms with Crippen molar-refractivity contribution in [2.24, 2.45) is 5.73 Å². The van der Waals surface area contributed by atoms with E-state index in [1.807, 2.05) is 0 Å². The fourth-order valence-electron chi connectivity index (χ4n) is 2.45. The lowest BCUT2D eigenvalue weighted by atomic mass is 10.1. The van der Waals surface area contributed by atoms with Gasteiger partial charge < -0.3 is 10.5 Å². The molecule has 0 radical (unpaired) electrons. The first-order valence-corrected chi connectivity index (χ1v) is 9.56. The van der Waals surface area contributed by atoms with Crippen molar-refractivity contribution in [1.82, 2.24) is 4.98 Å². The number of hydrogen-bond donors (Lipinski definition) is 1. The number of carbonyl (C=O) groups is 2. The van der Waals surface area contributed by atoms with Crippen LogP contribution in [0.2, 0.25) is 20.1 Å². The quantitative estimate of drug-likeness (QED) is 0.463. The van der Waals surface area contributed by atoms with E-state index in [0.717, 1.165) is 6.07 Å². The van der Waals surface area contributed by atoms with E-state index < -0.39 is 17.8 Å². The number of ether oxygens (including phenoxy) is 1. The molecule has 0 atom stereocenters. The van der Waals surface area contributed by atoms with Crippen molar-refractivity contribution < 1.29 is 18.7 Å². The van der Waals surface area contributed by atoms with Crippen LogP contribution in [0.1, 0.15) is 10.4 Å². The second-order valence-corrected chi connectivity index (χ2v) is 7.40. The van der Waals surface area contributed by atoms with E-state index in [2.05, 4.69) is 4.98 Å². The second kappa shape index (κ2) is 9.06. The lowest BCUT2D eigenvalue weighted by molar-refractivity contribution is 0.0991. The molecule has 3 rings (SSSR count). The largest absolute Gasteiger partial charge is 0.434 e. The van der Waals surface area contributed by atoms with Crippen molar-refractivity contribution in [1.29, 1.82) is 0 Å². The van der Waals surface area contributed by atoms with Crippen molar-refractivity contribution >= 4 is 64.0 Å². The molecule has 0 saturated carbocycles. The van der Waals surface area contributed by atoms with Crippen LogP contribution in [0, 0.1) is 5.82 Å². The van der Waals surface area contributed by atoms with Gasteiger partial charge in [-0.25, -0.2) is 19.1 Å². The van der Waals surface area contributed by atoms with Crippen molar-refractivity contribution in [2.45, 2.75) is 0 Å². The van der Waals surface area contributed by atoms with E-state index in [0.29, 0.717) is 9.92 Å². The summed E-state index contributed by atoms with van der Waals surface area (Å²) in [6, 6.07) is 7.78. The minimum Gasteiger partial charge on any atom is -0.434 e. The zero-order valence-electron chi connectivity index (χ0n) is 14.7. The van der Waals surface area contributed by atoms with E-state index >= 15 is 0 Å². The Balaban J connectivity index is 2.00. The van der Waals surface area contributed by atoms with Crippen LogP contribution in [0.4, 0.5) is 14.9 Å². The molecule has 2 N–H and O–H groups in total. The molecule has 0 aliphatic heterocycles. The topological polar surface area (TPSA) is 85.5 Å². The summed E-state index contributed by atoms with van der Waals surface area (Å²) in [6.45, 7) is 0. The van der Waals surface area contributed by atoms with Gasteiger partial charge >= 0.3 is 6.03 Å². The van der Waals surface area contributed by atoms with Crippen LogP contribution in [-0.4, -0.2) is 16.9 Å². The van der Waals surface area contributed by atoms with Crippen molar-refractivity contribution in [3.63, 3.8) is 0 Å².